The fourth-order valence-corrected chi connectivity index (χ4v) is 2.91. The summed E-state index contributed by atoms with van der Waals surface area (Å²) in [5, 5.41) is 3.87. The van der Waals surface area contributed by atoms with Crippen molar-refractivity contribution in [2.75, 3.05) is 18.5 Å². The van der Waals surface area contributed by atoms with Crippen molar-refractivity contribution in [1.82, 2.24) is 4.98 Å². The molecule has 0 atom stereocenters. The first-order chi connectivity index (χ1) is 12.1. The number of benzene rings is 2. The predicted octanol–water partition coefficient (Wildman–Crippen LogP) is 4.98. The third kappa shape index (κ3) is 3.96. The maximum Gasteiger partial charge on any atom is 0.272 e. The number of rotatable bonds is 6. The van der Waals surface area contributed by atoms with Crippen LogP contribution < -0.4 is 14.8 Å². The molecule has 0 radical (unpaired) electrons. The number of aromatic amines is 1. The molecule has 2 aromatic carbocycles. The summed E-state index contributed by atoms with van der Waals surface area (Å²) in [4.78, 5) is 15.7. The first-order valence-electron chi connectivity index (χ1n) is 8.10. The van der Waals surface area contributed by atoms with Crippen LogP contribution in [0.5, 0.6) is 11.5 Å². The zero-order valence-electron chi connectivity index (χ0n) is 14.1. The van der Waals surface area contributed by atoms with Crippen LogP contribution in [0.25, 0.3) is 10.9 Å². The summed E-state index contributed by atoms with van der Waals surface area (Å²) in [5.41, 5.74) is 2.05. The van der Waals surface area contributed by atoms with Crippen LogP contribution >= 0.6 is 15.9 Å². The Hall–Kier alpha value is -2.47. The van der Waals surface area contributed by atoms with E-state index in [2.05, 4.69) is 26.2 Å². The van der Waals surface area contributed by atoms with Crippen molar-refractivity contribution in [3.8, 4) is 11.5 Å². The second kappa shape index (κ2) is 7.61. The number of nitrogens with one attached hydrogen (secondary N) is 2. The minimum atomic E-state index is -0.209. The number of hydrogen-bond donors (Lipinski definition) is 2. The number of ether oxygens (including phenoxy) is 2. The number of carbonyl (C=O) groups is 1. The van der Waals surface area contributed by atoms with Crippen molar-refractivity contribution in [2.45, 2.75) is 13.8 Å². The first-order valence-corrected chi connectivity index (χ1v) is 8.89. The average molecular weight is 403 g/mol. The van der Waals surface area contributed by atoms with Gasteiger partial charge in [-0.3, -0.25) is 4.79 Å². The minimum absolute atomic E-state index is 0.209. The molecule has 2 N–H and O–H groups in total. The van der Waals surface area contributed by atoms with Gasteiger partial charge in [-0.2, -0.15) is 0 Å². The molecule has 1 amide bonds. The van der Waals surface area contributed by atoms with Crippen LogP contribution in [0.4, 0.5) is 5.69 Å². The molecule has 0 fully saturated rings. The summed E-state index contributed by atoms with van der Waals surface area (Å²) in [6.45, 7) is 4.90. The Morgan fingerprint density at radius 2 is 1.80 bits per heavy atom. The van der Waals surface area contributed by atoms with E-state index in [1.165, 1.54) is 0 Å². The molecule has 3 aromatic rings. The van der Waals surface area contributed by atoms with Gasteiger partial charge in [-0.15, -0.1) is 0 Å². The van der Waals surface area contributed by atoms with E-state index >= 15 is 0 Å². The highest BCUT2D eigenvalue weighted by Crippen LogP contribution is 2.31. The van der Waals surface area contributed by atoms with Crippen molar-refractivity contribution >= 4 is 38.4 Å². The highest BCUT2D eigenvalue weighted by molar-refractivity contribution is 9.10. The lowest BCUT2D eigenvalue weighted by Crippen LogP contribution is -2.12. The molecule has 130 valence electrons. The molecule has 3 rings (SSSR count). The largest absolute Gasteiger partial charge is 0.490 e. The van der Waals surface area contributed by atoms with Crippen LogP contribution in [-0.2, 0) is 0 Å². The Balaban J connectivity index is 1.82. The third-order valence-electron chi connectivity index (χ3n) is 3.63. The first kappa shape index (κ1) is 17.4. The number of fused-ring (bicyclic) bond motifs is 1. The lowest BCUT2D eigenvalue weighted by atomic mass is 10.2. The summed E-state index contributed by atoms with van der Waals surface area (Å²) >= 11 is 3.43. The Morgan fingerprint density at radius 3 is 2.56 bits per heavy atom. The lowest BCUT2D eigenvalue weighted by molar-refractivity contribution is 0.102. The van der Waals surface area contributed by atoms with E-state index in [4.69, 9.17) is 9.47 Å². The van der Waals surface area contributed by atoms with Crippen molar-refractivity contribution in [1.29, 1.82) is 0 Å². The number of H-pyrrole nitrogens is 1. The third-order valence-corrected chi connectivity index (χ3v) is 4.12. The van der Waals surface area contributed by atoms with E-state index in [-0.39, 0.29) is 5.91 Å². The van der Waals surface area contributed by atoms with Gasteiger partial charge in [0.2, 0.25) is 0 Å². The quantitative estimate of drug-likeness (QED) is 0.610. The van der Waals surface area contributed by atoms with E-state index in [1.54, 1.807) is 18.2 Å². The number of carbonyl (C=O) groups excluding carboxylic acids is 1. The molecule has 5 nitrogen and oxygen atoms in total. The summed E-state index contributed by atoms with van der Waals surface area (Å²) in [6.07, 6.45) is 0. The van der Waals surface area contributed by atoms with Gasteiger partial charge in [0.1, 0.15) is 5.69 Å². The summed E-state index contributed by atoms with van der Waals surface area (Å²) < 4.78 is 12.1. The van der Waals surface area contributed by atoms with E-state index in [0.29, 0.717) is 36.1 Å². The lowest BCUT2D eigenvalue weighted by Gasteiger charge is -2.12. The molecule has 0 aliphatic carbocycles. The van der Waals surface area contributed by atoms with Crippen LogP contribution in [0.2, 0.25) is 0 Å². The van der Waals surface area contributed by atoms with Gasteiger partial charge in [0.05, 0.1) is 13.2 Å². The Bertz CT molecular complexity index is 905. The smallest absolute Gasteiger partial charge is 0.272 e. The zero-order valence-corrected chi connectivity index (χ0v) is 15.6. The predicted molar refractivity (Wildman–Crippen MR) is 103 cm³/mol. The molecule has 1 heterocycles. The van der Waals surface area contributed by atoms with Crippen LogP contribution in [0.1, 0.15) is 24.3 Å². The topological polar surface area (TPSA) is 63.3 Å². The molecule has 0 unspecified atom stereocenters. The van der Waals surface area contributed by atoms with Gasteiger partial charge < -0.3 is 19.8 Å². The molecule has 1 aromatic heterocycles. The van der Waals surface area contributed by atoms with E-state index in [0.717, 1.165) is 15.4 Å². The zero-order chi connectivity index (χ0) is 17.8. The highest BCUT2D eigenvalue weighted by atomic mass is 79.9. The fraction of sp³-hybridized carbons (Fsp3) is 0.211. The molecule has 0 saturated carbocycles. The highest BCUT2D eigenvalue weighted by Gasteiger charge is 2.12. The summed E-state index contributed by atoms with van der Waals surface area (Å²) in [6, 6.07) is 13.0. The van der Waals surface area contributed by atoms with Crippen LogP contribution in [-0.4, -0.2) is 24.1 Å². The Morgan fingerprint density at radius 1 is 1.04 bits per heavy atom. The number of amides is 1. The molecule has 0 spiro atoms. The number of halogens is 1. The maximum absolute atomic E-state index is 12.5. The van der Waals surface area contributed by atoms with E-state index < -0.39 is 0 Å². The molecule has 0 bridgehead atoms. The van der Waals surface area contributed by atoms with Gasteiger partial charge in [0.25, 0.3) is 5.91 Å². The van der Waals surface area contributed by atoms with Gasteiger partial charge >= 0.3 is 0 Å². The van der Waals surface area contributed by atoms with E-state index in [9.17, 15) is 4.79 Å². The normalized spacial score (nSPS) is 10.7. The number of anilines is 1. The van der Waals surface area contributed by atoms with E-state index in [1.807, 2.05) is 38.1 Å². The Kier molecular flexibility index (Phi) is 5.28. The maximum atomic E-state index is 12.5. The van der Waals surface area contributed by atoms with Crippen molar-refractivity contribution in [3.05, 3.63) is 52.6 Å². The molecule has 0 aliphatic rings. The minimum Gasteiger partial charge on any atom is -0.490 e. The summed E-state index contributed by atoms with van der Waals surface area (Å²) in [7, 11) is 0. The van der Waals surface area contributed by atoms with Gasteiger partial charge in [-0.25, -0.2) is 0 Å². The molecular weight excluding hydrogens is 384 g/mol. The van der Waals surface area contributed by atoms with Gasteiger partial charge in [0, 0.05) is 27.1 Å². The molecule has 0 aliphatic heterocycles. The molecular formula is C19H19BrN2O3. The average Bonchev–Trinajstić information content (AvgIpc) is 3.01. The van der Waals surface area contributed by atoms with Gasteiger partial charge in [-0.1, -0.05) is 22.0 Å². The fourth-order valence-electron chi connectivity index (χ4n) is 2.55. The van der Waals surface area contributed by atoms with Gasteiger partial charge in [0.15, 0.2) is 11.5 Å². The number of aromatic nitrogens is 1. The molecule has 6 heteroatoms. The number of hydrogen-bond acceptors (Lipinski definition) is 3. The molecule has 25 heavy (non-hydrogen) atoms. The van der Waals surface area contributed by atoms with Crippen molar-refractivity contribution in [2.24, 2.45) is 0 Å². The van der Waals surface area contributed by atoms with Crippen molar-refractivity contribution in [3.63, 3.8) is 0 Å². The SMILES string of the molecule is CCOc1ccc(NC(=O)c2cc3ccc(Br)cc3[nH]2)cc1OCC. The van der Waals surface area contributed by atoms with Crippen molar-refractivity contribution < 1.29 is 14.3 Å². The second-order valence-corrected chi connectivity index (χ2v) is 6.31. The van der Waals surface area contributed by atoms with Crippen LogP contribution in [0, 0.1) is 0 Å². The van der Waals surface area contributed by atoms with Gasteiger partial charge in [-0.05, 0) is 44.2 Å². The van der Waals surface area contributed by atoms with Crippen LogP contribution in [0.15, 0.2) is 46.9 Å². The Labute approximate surface area is 154 Å². The standard InChI is InChI=1S/C19H19BrN2O3/c1-3-24-17-8-7-14(11-18(17)25-4-2)21-19(23)16-9-12-5-6-13(20)10-15(12)22-16/h5-11,22H,3-4H2,1-2H3,(H,21,23). The summed E-state index contributed by atoms with van der Waals surface area (Å²) in [5.74, 6) is 1.07. The van der Waals surface area contributed by atoms with Crippen LogP contribution in [0.3, 0.4) is 0 Å². The second-order valence-electron chi connectivity index (χ2n) is 5.40. The monoisotopic (exact) mass is 402 g/mol. The molecule has 0 saturated heterocycles.